The zero-order chi connectivity index (χ0) is 17.9. The number of halogens is 6. The maximum atomic E-state index is 12.7. The molecule has 0 atom stereocenters. The highest BCUT2D eigenvalue weighted by molar-refractivity contribution is 14.1. The largest absolute Gasteiger partial charge is 0.434 e. The first kappa shape index (κ1) is 18.4. The fourth-order valence-electron chi connectivity index (χ4n) is 1.84. The summed E-state index contributed by atoms with van der Waals surface area (Å²) in [5, 5.41) is 2.28. The summed E-state index contributed by atoms with van der Waals surface area (Å²) in [5.74, 6) is -1.23. The van der Waals surface area contributed by atoms with Crippen molar-refractivity contribution in [3.05, 3.63) is 57.2 Å². The number of benzene rings is 2. The highest BCUT2D eigenvalue weighted by Gasteiger charge is 2.31. The summed E-state index contributed by atoms with van der Waals surface area (Å²) in [6.45, 7) is -3.13. The van der Waals surface area contributed by atoms with Crippen LogP contribution >= 0.6 is 22.6 Å². The number of carbonyl (C=O) groups excluding carboxylic acids is 1. The Kier molecular flexibility index (Phi) is 5.62. The van der Waals surface area contributed by atoms with E-state index in [2.05, 4.69) is 10.1 Å². The van der Waals surface area contributed by atoms with Gasteiger partial charge < -0.3 is 10.1 Å². The molecule has 0 saturated heterocycles. The summed E-state index contributed by atoms with van der Waals surface area (Å²) in [6.07, 6.45) is -4.57. The van der Waals surface area contributed by atoms with Crippen LogP contribution in [0.1, 0.15) is 15.9 Å². The number of alkyl halides is 5. The molecule has 1 amide bonds. The molecule has 3 nitrogen and oxygen atoms in total. The number of rotatable bonds is 4. The first-order valence-electron chi connectivity index (χ1n) is 6.40. The predicted octanol–water partition coefficient (Wildman–Crippen LogP) is 5.16. The number of amides is 1. The molecule has 0 radical (unpaired) electrons. The van der Waals surface area contributed by atoms with Gasteiger partial charge in [0.2, 0.25) is 0 Å². The first-order chi connectivity index (χ1) is 11.2. The number of carbonyl (C=O) groups is 1. The summed E-state index contributed by atoms with van der Waals surface area (Å²) in [6, 6.07) is 8.06. The van der Waals surface area contributed by atoms with Gasteiger partial charge in [-0.3, -0.25) is 4.79 Å². The Hall–Kier alpha value is -1.91. The zero-order valence-electron chi connectivity index (χ0n) is 11.7. The van der Waals surface area contributed by atoms with Crippen molar-refractivity contribution in [1.29, 1.82) is 0 Å². The Balaban J connectivity index is 2.31. The van der Waals surface area contributed by atoms with Gasteiger partial charge in [0.25, 0.3) is 5.91 Å². The van der Waals surface area contributed by atoms with Gasteiger partial charge in [0.15, 0.2) is 0 Å². The third-order valence-corrected chi connectivity index (χ3v) is 3.83. The van der Waals surface area contributed by atoms with Crippen molar-refractivity contribution in [2.24, 2.45) is 0 Å². The van der Waals surface area contributed by atoms with Gasteiger partial charge in [0, 0.05) is 3.57 Å². The number of hydrogen-bond donors (Lipinski definition) is 1. The molecular formula is C15H9F5INO2. The van der Waals surface area contributed by atoms with Gasteiger partial charge >= 0.3 is 12.8 Å². The van der Waals surface area contributed by atoms with Crippen molar-refractivity contribution < 1.29 is 31.5 Å². The molecule has 0 aromatic heterocycles. The summed E-state index contributed by atoms with van der Waals surface area (Å²) in [7, 11) is 0. The monoisotopic (exact) mass is 457 g/mol. The first-order valence-corrected chi connectivity index (χ1v) is 7.48. The Morgan fingerprint density at radius 3 is 2.42 bits per heavy atom. The molecule has 0 aliphatic rings. The lowest BCUT2D eigenvalue weighted by atomic mass is 10.1. The topological polar surface area (TPSA) is 38.3 Å². The van der Waals surface area contributed by atoms with Gasteiger partial charge in [-0.05, 0) is 52.9 Å². The summed E-state index contributed by atoms with van der Waals surface area (Å²) in [4.78, 5) is 12.2. The number of anilines is 1. The van der Waals surface area contributed by atoms with Crippen LogP contribution in [0.2, 0.25) is 0 Å². The van der Waals surface area contributed by atoms with E-state index in [1.165, 1.54) is 24.3 Å². The standard InChI is InChI=1S/C15H9F5INO2/c16-14(17)24-12-4-2-1-3-9(12)13(23)22-11-7-8(15(18,19)20)5-6-10(11)21/h1-7,14H,(H,22,23). The minimum Gasteiger partial charge on any atom is -0.434 e. The Morgan fingerprint density at radius 2 is 1.79 bits per heavy atom. The summed E-state index contributed by atoms with van der Waals surface area (Å²) in [5.41, 5.74) is -1.23. The Labute approximate surface area is 146 Å². The third kappa shape index (κ3) is 4.56. The maximum Gasteiger partial charge on any atom is 0.416 e. The Bertz CT molecular complexity index is 749. The SMILES string of the molecule is O=C(Nc1cc(C(F)(F)F)ccc1I)c1ccccc1OC(F)F. The third-order valence-electron chi connectivity index (χ3n) is 2.89. The Morgan fingerprint density at radius 1 is 1.12 bits per heavy atom. The number of nitrogens with one attached hydrogen (secondary N) is 1. The molecule has 0 heterocycles. The summed E-state index contributed by atoms with van der Waals surface area (Å²) < 4.78 is 67.6. The normalized spacial score (nSPS) is 11.5. The predicted molar refractivity (Wildman–Crippen MR) is 85.2 cm³/mol. The average molecular weight is 457 g/mol. The van der Waals surface area contributed by atoms with Crippen molar-refractivity contribution in [2.75, 3.05) is 5.32 Å². The van der Waals surface area contributed by atoms with Crippen LogP contribution in [-0.2, 0) is 6.18 Å². The van der Waals surface area contributed by atoms with Crippen LogP contribution in [0.15, 0.2) is 42.5 Å². The van der Waals surface area contributed by atoms with E-state index in [1.807, 2.05) is 0 Å². The number of para-hydroxylation sites is 1. The minimum absolute atomic E-state index is 0.0812. The second-order valence-electron chi connectivity index (χ2n) is 4.52. The molecule has 0 aliphatic carbocycles. The van der Waals surface area contributed by atoms with E-state index >= 15 is 0 Å². The molecule has 1 N–H and O–H groups in total. The molecule has 0 bridgehead atoms. The lowest BCUT2D eigenvalue weighted by molar-refractivity contribution is -0.137. The van der Waals surface area contributed by atoms with E-state index < -0.39 is 24.3 Å². The van der Waals surface area contributed by atoms with Gasteiger partial charge in [-0.15, -0.1) is 0 Å². The lowest BCUT2D eigenvalue weighted by Gasteiger charge is -2.13. The molecule has 0 spiro atoms. The molecule has 2 aromatic rings. The van der Waals surface area contributed by atoms with E-state index in [-0.39, 0.29) is 17.0 Å². The van der Waals surface area contributed by atoms with Crippen LogP contribution in [-0.4, -0.2) is 12.5 Å². The molecule has 0 unspecified atom stereocenters. The number of hydrogen-bond acceptors (Lipinski definition) is 2. The molecule has 128 valence electrons. The molecule has 9 heteroatoms. The van der Waals surface area contributed by atoms with Crippen LogP contribution in [0.25, 0.3) is 0 Å². The average Bonchev–Trinajstić information content (AvgIpc) is 2.48. The van der Waals surface area contributed by atoms with E-state index in [0.717, 1.165) is 18.2 Å². The van der Waals surface area contributed by atoms with Crippen molar-refractivity contribution in [3.63, 3.8) is 0 Å². The van der Waals surface area contributed by atoms with Gasteiger partial charge in [-0.2, -0.15) is 22.0 Å². The van der Waals surface area contributed by atoms with Crippen LogP contribution in [0.3, 0.4) is 0 Å². The highest BCUT2D eigenvalue weighted by Crippen LogP contribution is 2.33. The summed E-state index contributed by atoms with van der Waals surface area (Å²) >= 11 is 1.75. The fourth-order valence-corrected chi connectivity index (χ4v) is 2.31. The van der Waals surface area contributed by atoms with Gasteiger partial charge in [0.1, 0.15) is 5.75 Å². The van der Waals surface area contributed by atoms with Crippen LogP contribution in [0.4, 0.5) is 27.6 Å². The minimum atomic E-state index is -4.57. The van der Waals surface area contributed by atoms with E-state index in [4.69, 9.17) is 0 Å². The smallest absolute Gasteiger partial charge is 0.416 e. The van der Waals surface area contributed by atoms with Crippen molar-refractivity contribution in [3.8, 4) is 5.75 Å². The molecule has 24 heavy (non-hydrogen) atoms. The highest BCUT2D eigenvalue weighted by atomic mass is 127. The van der Waals surface area contributed by atoms with Crippen LogP contribution < -0.4 is 10.1 Å². The van der Waals surface area contributed by atoms with Crippen LogP contribution in [0.5, 0.6) is 5.75 Å². The van der Waals surface area contributed by atoms with Crippen molar-refractivity contribution in [2.45, 2.75) is 12.8 Å². The molecule has 0 aliphatic heterocycles. The zero-order valence-corrected chi connectivity index (χ0v) is 13.9. The second-order valence-corrected chi connectivity index (χ2v) is 5.68. The van der Waals surface area contributed by atoms with E-state index in [1.54, 1.807) is 22.6 Å². The van der Waals surface area contributed by atoms with E-state index in [9.17, 15) is 26.7 Å². The van der Waals surface area contributed by atoms with Crippen LogP contribution in [0, 0.1) is 3.57 Å². The fraction of sp³-hybridized carbons (Fsp3) is 0.133. The molecular weight excluding hydrogens is 448 g/mol. The molecule has 2 aromatic carbocycles. The maximum absolute atomic E-state index is 12.7. The van der Waals surface area contributed by atoms with E-state index in [0.29, 0.717) is 3.57 Å². The molecule has 0 fully saturated rings. The lowest BCUT2D eigenvalue weighted by Crippen LogP contribution is -2.16. The number of ether oxygens (including phenoxy) is 1. The molecule has 0 saturated carbocycles. The van der Waals surface area contributed by atoms with Crippen molar-refractivity contribution >= 4 is 34.2 Å². The molecule has 2 rings (SSSR count). The second kappa shape index (κ2) is 7.32. The quantitative estimate of drug-likeness (QED) is 0.509. The van der Waals surface area contributed by atoms with Gasteiger partial charge in [-0.1, -0.05) is 12.1 Å². The van der Waals surface area contributed by atoms with Gasteiger partial charge in [0.05, 0.1) is 16.8 Å². The van der Waals surface area contributed by atoms with Gasteiger partial charge in [-0.25, -0.2) is 0 Å². The van der Waals surface area contributed by atoms with Crippen molar-refractivity contribution in [1.82, 2.24) is 0 Å².